The monoisotopic (exact) mass is 322 g/mol. The molecule has 1 aliphatic heterocycles. The molecule has 0 aromatic carbocycles. The van der Waals surface area contributed by atoms with E-state index >= 15 is 0 Å². The van der Waals surface area contributed by atoms with Crippen LogP contribution in [0, 0.1) is 5.92 Å². The third kappa shape index (κ3) is 6.11. The van der Waals surface area contributed by atoms with E-state index in [1.807, 2.05) is 10.8 Å². The van der Waals surface area contributed by atoms with Gasteiger partial charge in [0.05, 0.1) is 12.4 Å². The van der Waals surface area contributed by atoms with Crippen LogP contribution < -0.4 is 10.6 Å². The predicted octanol–water partition coefficient (Wildman–Crippen LogP) is 1.62. The van der Waals surface area contributed by atoms with Gasteiger partial charge in [-0.2, -0.15) is 0 Å². The SMILES string of the molecule is CC(CNC(=O)[C@H]1CCCCN1)Cn1ccnc1.Cl.Cl. The second-order valence-corrected chi connectivity index (χ2v) is 5.11. The van der Waals surface area contributed by atoms with Crippen LogP contribution in [0.2, 0.25) is 0 Å². The van der Waals surface area contributed by atoms with Crippen LogP contribution in [0.15, 0.2) is 18.7 Å². The first-order valence-electron chi connectivity index (χ1n) is 6.72. The fraction of sp³-hybridized carbons (Fsp3) is 0.692. The molecule has 0 bridgehead atoms. The molecule has 5 nitrogen and oxygen atoms in total. The van der Waals surface area contributed by atoms with Crippen molar-refractivity contribution in [3.8, 4) is 0 Å². The molecule has 0 saturated carbocycles. The molecule has 2 N–H and O–H groups in total. The van der Waals surface area contributed by atoms with Crippen molar-refractivity contribution in [2.75, 3.05) is 13.1 Å². The highest BCUT2D eigenvalue weighted by molar-refractivity contribution is 5.85. The molecule has 1 aromatic rings. The van der Waals surface area contributed by atoms with Crippen LogP contribution in [0.4, 0.5) is 0 Å². The van der Waals surface area contributed by atoms with Crippen molar-refractivity contribution in [2.24, 2.45) is 5.92 Å². The van der Waals surface area contributed by atoms with Gasteiger partial charge >= 0.3 is 0 Å². The topological polar surface area (TPSA) is 59.0 Å². The van der Waals surface area contributed by atoms with E-state index in [0.29, 0.717) is 5.92 Å². The molecule has 2 heterocycles. The fourth-order valence-electron chi connectivity index (χ4n) is 2.29. The van der Waals surface area contributed by atoms with Crippen LogP contribution in [0.1, 0.15) is 26.2 Å². The number of halogens is 2. The highest BCUT2D eigenvalue weighted by atomic mass is 35.5. The van der Waals surface area contributed by atoms with Gasteiger partial charge in [0.15, 0.2) is 0 Å². The lowest BCUT2D eigenvalue weighted by molar-refractivity contribution is -0.123. The standard InChI is InChI=1S/C13H22N4O.2ClH/c1-11(9-17-7-6-14-10-17)8-16-13(18)12-4-2-3-5-15-12;;/h6-7,10-12,15H,2-5,8-9H2,1H3,(H,16,18);2*1H/t11?,12-;;/m1../s1. The summed E-state index contributed by atoms with van der Waals surface area (Å²) in [5, 5.41) is 6.29. The van der Waals surface area contributed by atoms with Gasteiger partial charge < -0.3 is 15.2 Å². The minimum Gasteiger partial charge on any atom is -0.354 e. The lowest BCUT2D eigenvalue weighted by Gasteiger charge is -2.23. The van der Waals surface area contributed by atoms with Crippen LogP contribution >= 0.6 is 24.8 Å². The first kappa shape index (κ1) is 19.2. The molecule has 20 heavy (non-hydrogen) atoms. The van der Waals surface area contributed by atoms with Crippen LogP contribution in [0.5, 0.6) is 0 Å². The molecule has 0 spiro atoms. The Bertz CT molecular complexity index is 366. The number of carbonyl (C=O) groups excluding carboxylic acids is 1. The summed E-state index contributed by atoms with van der Waals surface area (Å²) in [6, 6.07) is 0.0131. The number of amides is 1. The normalized spacial score (nSPS) is 19.4. The van der Waals surface area contributed by atoms with Crippen molar-refractivity contribution in [2.45, 2.75) is 38.8 Å². The van der Waals surface area contributed by atoms with Crippen LogP contribution in [0.3, 0.4) is 0 Å². The molecule has 116 valence electrons. The summed E-state index contributed by atoms with van der Waals surface area (Å²) in [5.74, 6) is 0.555. The summed E-state index contributed by atoms with van der Waals surface area (Å²) in [6.45, 7) is 4.70. The zero-order valence-corrected chi connectivity index (χ0v) is 13.4. The molecule has 1 fully saturated rings. The van der Waals surface area contributed by atoms with Crippen molar-refractivity contribution in [1.82, 2.24) is 20.2 Å². The number of piperidine rings is 1. The lowest BCUT2D eigenvalue weighted by atomic mass is 10.0. The van der Waals surface area contributed by atoms with E-state index in [1.165, 1.54) is 6.42 Å². The Kier molecular flexibility index (Phi) is 9.63. The Morgan fingerprint density at radius 3 is 2.90 bits per heavy atom. The largest absolute Gasteiger partial charge is 0.354 e. The Morgan fingerprint density at radius 1 is 1.50 bits per heavy atom. The molecular weight excluding hydrogens is 299 g/mol. The van der Waals surface area contributed by atoms with Crippen molar-refractivity contribution in [3.05, 3.63) is 18.7 Å². The predicted molar refractivity (Wildman–Crippen MR) is 84.5 cm³/mol. The Morgan fingerprint density at radius 2 is 2.30 bits per heavy atom. The fourth-order valence-corrected chi connectivity index (χ4v) is 2.29. The van der Waals surface area contributed by atoms with Gasteiger partial charge in [0.2, 0.25) is 5.91 Å². The van der Waals surface area contributed by atoms with Gasteiger partial charge in [0.1, 0.15) is 0 Å². The van der Waals surface area contributed by atoms with Gasteiger partial charge in [0, 0.05) is 25.5 Å². The molecule has 2 atom stereocenters. The van der Waals surface area contributed by atoms with Gasteiger partial charge in [-0.05, 0) is 25.3 Å². The highest BCUT2D eigenvalue weighted by Gasteiger charge is 2.20. The summed E-state index contributed by atoms with van der Waals surface area (Å²) in [6.07, 6.45) is 8.82. The molecular formula is C13H24Cl2N4O. The third-order valence-corrected chi connectivity index (χ3v) is 3.33. The second kappa shape index (κ2) is 10.0. The van der Waals surface area contributed by atoms with Gasteiger partial charge in [-0.25, -0.2) is 4.98 Å². The van der Waals surface area contributed by atoms with E-state index in [2.05, 4.69) is 22.5 Å². The Hall–Kier alpha value is -0.780. The zero-order valence-electron chi connectivity index (χ0n) is 11.7. The second-order valence-electron chi connectivity index (χ2n) is 5.11. The van der Waals surface area contributed by atoms with E-state index < -0.39 is 0 Å². The average Bonchev–Trinajstić information content (AvgIpc) is 2.90. The molecule has 7 heteroatoms. The maximum Gasteiger partial charge on any atom is 0.237 e. The summed E-state index contributed by atoms with van der Waals surface area (Å²) < 4.78 is 2.04. The maximum atomic E-state index is 11.9. The molecule has 1 amide bonds. The van der Waals surface area contributed by atoms with Crippen LogP contribution in [-0.2, 0) is 11.3 Å². The molecule has 1 aliphatic rings. The van der Waals surface area contributed by atoms with Gasteiger partial charge in [-0.1, -0.05) is 13.3 Å². The van der Waals surface area contributed by atoms with E-state index in [9.17, 15) is 4.79 Å². The number of nitrogens with one attached hydrogen (secondary N) is 2. The number of hydrogen-bond acceptors (Lipinski definition) is 3. The molecule has 1 saturated heterocycles. The number of nitrogens with zero attached hydrogens (tertiary/aromatic N) is 2. The highest BCUT2D eigenvalue weighted by Crippen LogP contribution is 2.07. The molecule has 1 unspecified atom stereocenters. The smallest absolute Gasteiger partial charge is 0.237 e. The van der Waals surface area contributed by atoms with Crippen molar-refractivity contribution >= 4 is 30.7 Å². The Labute approximate surface area is 132 Å². The van der Waals surface area contributed by atoms with Crippen molar-refractivity contribution in [3.63, 3.8) is 0 Å². The van der Waals surface area contributed by atoms with Gasteiger partial charge in [-0.3, -0.25) is 4.79 Å². The van der Waals surface area contributed by atoms with Gasteiger partial charge in [0.25, 0.3) is 0 Å². The summed E-state index contributed by atoms with van der Waals surface area (Å²) in [5.41, 5.74) is 0. The van der Waals surface area contributed by atoms with Crippen LogP contribution in [0.25, 0.3) is 0 Å². The van der Waals surface area contributed by atoms with E-state index in [4.69, 9.17) is 0 Å². The molecule has 0 radical (unpaired) electrons. The zero-order chi connectivity index (χ0) is 12.8. The third-order valence-electron chi connectivity index (χ3n) is 3.33. The van der Waals surface area contributed by atoms with Crippen molar-refractivity contribution in [1.29, 1.82) is 0 Å². The number of imidazole rings is 1. The summed E-state index contributed by atoms with van der Waals surface area (Å²) in [7, 11) is 0. The Balaban J connectivity index is 0.00000180. The minimum atomic E-state index is 0. The molecule has 1 aromatic heterocycles. The summed E-state index contributed by atoms with van der Waals surface area (Å²) >= 11 is 0. The number of hydrogen-bond donors (Lipinski definition) is 2. The maximum absolute atomic E-state index is 11.9. The first-order valence-corrected chi connectivity index (χ1v) is 6.72. The molecule has 2 rings (SSSR count). The van der Waals surface area contributed by atoms with E-state index in [-0.39, 0.29) is 36.8 Å². The van der Waals surface area contributed by atoms with Crippen LogP contribution in [-0.4, -0.2) is 34.6 Å². The minimum absolute atomic E-state index is 0. The summed E-state index contributed by atoms with van der Waals surface area (Å²) in [4.78, 5) is 15.9. The molecule has 0 aliphatic carbocycles. The van der Waals surface area contributed by atoms with E-state index in [1.54, 1.807) is 12.5 Å². The quantitative estimate of drug-likeness (QED) is 0.866. The van der Waals surface area contributed by atoms with Gasteiger partial charge in [-0.15, -0.1) is 24.8 Å². The number of carbonyl (C=O) groups is 1. The number of rotatable bonds is 5. The van der Waals surface area contributed by atoms with Crippen molar-refractivity contribution < 1.29 is 4.79 Å². The first-order chi connectivity index (χ1) is 8.75. The lowest BCUT2D eigenvalue weighted by Crippen LogP contribution is -2.47. The average molecular weight is 323 g/mol. The van der Waals surface area contributed by atoms with E-state index in [0.717, 1.165) is 32.5 Å². The number of aromatic nitrogens is 2.